The van der Waals surface area contributed by atoms with Crippen LogP contribution in [0.25, 0.3) is 5.69 Å². The summed E-state index contributed by atoms with van der Waals surface area (Å²) in [6, 6.07) is 14.0. The topological polar surface area (TPSA) is 47.4 Å². The molecule has 3 aromatic rings. The summed E-state index contributed by atoms with van der Waals surface area (Å²) in [6.07, 6.45) is 4.82. The number of hydrogen-bond acceptors (Lipinski definition) is 4. The molecule has 3 rings (SSSR count). The van der Waals surface area contributed by atoms with Crippen LogP contribution in [0, 0.1) is 5.82 Å². The lowest BCUT2D eigenvalue weighted by Crippen LogP contribution is -2.26. The van der Waals surface area contributed by atoms with Gasteiger partial charge in [-0.25, -0.2) is 9.07 Å². The first-order valence-electron chi connectivity index (χ1n) is 9.36. The molecule has 0 aliphatic carbocycles. The zero-order valence-corrected chi connectivity index (χ0v) is 17.4. The summed E-state index contributed by atoms with van der Waals surface area (Å²) >= 11 is 1.63. The number of methoxy groups -OCH3 is 1. The molecule has 0 aliphatic heterocycles. The second kappa shape index (κ2) is 10.1. The maximum absolute atomic E-state index is 12.9. The number of nitrogens with zero attached hydrogens (tertiary/aromatic N) is 3. The highest BCUT2D eigenvalue weighted by molar-refractivity contribution is 7.99. The monoisotopic (exact) mass is 413 g/mol. The summed E-state index contributed by atoms with van der Waals surface area (Å²) in [5, 5.41) is 4.30. The zero-order valence-electron chi connectivity index (χ0n) is 16.5. The maximum atomic E-state index is 12.9. The molecule has 2 aromatic carbocycles. The molecule has 0 saturated heterocycles. The van der Waals surface area contributed by atoms with Gasteiger partial charge < -0.3 is 9.64 Å². The fourth-order valence-corrected chi connectivity index (χ4v) is 3.78. The Balaban J connectivity index is 1.55. The minimum absolute atomic E-state index is 0.0824. The maximum Gasteiger partial charge on any atom is 0.222 e. The molecular formula is C22H24FN3O2S. The van der Waals surface area contributed by atoms with Crippen molar-refractivity contribution in [2.45, 2.75) is 24.3 Å². The SMILES string of the molecule is COc1ccc(-n2cccn2)c(CN(C)C(=O)CCCSc2ccc(F)cc2)c1. The summed E-state index contributed by atoms with van der Waals surface area (Å²) in [7, 11) is 3.43. The fourth-order valence-electron chi connectivity index (χ4n) is 2.93. The van der Waals surface area contributed by atoms with Crippen molar-refractivity contribution in [3.63, 3.8) is 0 Å². The van der Waals surface area contributed by atoms with Crippen molar-refractivity contribution in [1.29, 1.82) is 0 Å². The van der Waals surface area contributed by atoms with Crippen LogP contribution in [0.1, 0.15) is 18.4 Å². The van der Waals surface area contributed by atoms with Gasteiger partial charge in [-0.15, -0.1) is 11.8 Å². The molecule has 1 heterocycles. The molecule has 0 saturated carbocycles. The number of halogens is 1. The molecule has 152 valence electrons. The van der Waals surface area contributed by atoms with Gasteiger partial charge in [0.15, 0.2) is 0 Å². The number of thioether (sulfide) groups is 1. The number of benzene rings is 2. The average molecular weight is 414 g/mol. The third-order valence-electron chi connectivity index (χ3n) is 4.49. The van der Waals surface area contributed by atoms with Crippen molar-refractivity contribution in [2.75, 3.05) is 19.9 Å². The van der Waals surface area contributed by atoms with E-state index in [1.54, 1.807) is 46.8 Å². The number of amides is 1. The fraction of sp³-hybridized carbons (Fsp3) is 0.273. The van der Waals surface area contributed by atoms with Crippen LogP contribution in [0.3, 0.4) is 0 Å². The standard InChI is InChI=1S/C22H24FN3O2S/c1-25(22(27)5-3-14-29-20-9-6-18(23)7-10-20)16-17-15-19(28-2)8-11-21(17)26-13-4-12-24-26/h4,6-13,15H,3,5,14,16H2,1-2H3. The van der Waals surface area contributed by atoms with E-state index in [0.717, 1.165) is 34.1 Å². The molecule has 1 aromatic heterocycles. The molecule has 0 radical (unpaired) electrons. The number of carbonyl (C=O) groups excluding carboxylic acids is 1. The van der Waals surface area contributed by atoms with Gasteiger partial charge in [-0.1, -0.05) is 0 Å². The summed E-state index contributed by atoms with van der Waals surface area (Å²) in [4.78, 5) is 15.3. The molecule has 0 bridgehead atoms. The van der Waals surface area contributed by atoms with E-state index in [9.17, 15) is 9.18 Å². The second-order valence-electron chi connectivity index (χ2n) is 6.60. The van der Waals surface area contributed by atoms with E-state index >= 15 is 0 Å². The molecule has 0 spiro atoms. The third-order valence-corrected chi connectivity index (χ3v) is 5.59. The van der Waals surface area contributed by atoms with E-state index < -0.39 is 0 Å². The number of aromatic nitrogens is 2. The van der Waals surface area contributed by atoms with Crippen molar-refractivity contribution in [3.05, 3.63) is 72.3 Å². The molecule has 0 N–H and O–H groups in total. The number of carbonyl (C=O) groups is 1. The van der Waals surface area contributed by atoms with Crippen molar-refractivity contribution >= 4 is 17.7 Å². The first-order chi connectivity index (χ1) is 14.1. The Hall–Kier alpha value is -2.80. The lowest BCUT2D eigenvalue weighted by molar-refractivity contribution is -0.130. The Morgan fingerprint density at radius 2 is 2.03 bits per heavy atom. The highest BCUT2D eigenvalue weighted by Crippen LogP contribution is 2.23. The van der Waals surface area contributed by atoms with Gasteiger partial charge in [-0.3, -0.25) is 4.79 Å². The van der Waals surface area contributed by atoms with Gasteiger partial charge in [0, 0.05) is 42.9 Å². The van der Waals surface area contributed by atoms with Crippen LogP contribution >= 0.6 is 11.8 Å². The van der Waals surface area contributed by atoms with E-state index in [4.69, 9.17) is 4.74 Å². The minimum atomic E-state index is -0.238. The molecule has 0 fully saturated rings. The van der Waals surface area contributed by atoms with Crippen LogP contribution in [0.4, 0.5) is 4.39 Å². The number of ether oxygens (including phenoxy) is 1. The normalized spacial score (nSPS) is 10.7. The molecule has 0 atom stereocenters. The summed E-state index contributed by atoms with van der Waals surface area (Å²) < 4.78 is 20.1. The highest BCUT2D eigenvalue weighted by atomic mass is 32.2. The predicted molar refractivity (Wildman–Crippen MR) is 113 cm³/mol. The summed E-state index contributed by atoms with van der Waals surface area (Å²) in [6.45, 7) is 0.469. The average Bonchev–Trinajstić information content (AvgIpc) is 3.26. The van der Waals surface area contributed by atoms with Gasteiger partial charge in [0.05, 0.1) is 12.8 Å². The predicted octanol–water partition coefficient (Wildman–Crippen LogP) is 4.55. The van der Waals surface area contributed by atoms with Crippen molar-refractivity contribution in [3.8, 4) is 11.4 Å². The molecule has 0 aliphatic rings. The molecular weight excluding hydrogens is 389 g/mol. The van der Waals surface area contributed by atoms with E-state index in [2.05, 4.69) is 5.10 Å². The van der Waals surface area contributed by atoms with Gasteiger partial charge in [0.2, 0.25) is 5.91 Å². The van der Waals surface area contributed by atoms with Crippen LogP contribution in [0.5, 0.6) is 5.75 Å². The van der Waals surface area contributed by atoms with Gasteiger partial charge in [-0.05, 0) is 60.7 Å². The highest BCUT2D eigenvalue weighted by Gasteiger charge is 2.14. The molecule has 1 amide bonds. The minimum Gasteiger partial charge on any atom is -0.497 e. The van der Waals surface area contributed by atoms with Crippen LogP contribution < -0.4 is 4.74 Å². The summed E-state index contributed by atoms with van der Waals surface area (Å²) in [5.74, 6) is 1.40. The van der Waals surface area contributed by atoms with E-state index in [-0.39, 0.29) is 11.7 Å². The van der Waals surface area contributed by atoms with Crippen molar-refractivity contribution in [1.82, 2.24) is 14.7 Å². The van der Waals surface area contributed by atoms with Gasteiger partial charge in [-0.2, -0.15) is 5.10 Å². The second-order valence-corrected chi connectivity index (χ2v) is 7.77. The largest absolute Gasteiger partial charge is 0.497 e. The summed E-state index contributed by atoms with van der Waals surface area (Å²) in [5.41, 5.74) is 1.88. The Morgan fingerprint density at radius 1 is 1.24 bits per heavy atom. The lowest BCUT2D eigenvalue weighted by atomic mass is 10.1. The third kappa shape index (κ3) is 5.84. The van der Waals surface area contributed by atoms with Crippen molar-refractivity contribution in [2.24, 2.45) is 0 Å². The van der Waals surface area contributed by atoms with Crippen LogP contribution in [-0.4, -0.2) is 40.5 Å². The Bertz CT molecular complexity index is 930. The zero-order chi connectivity index (χ0) is 20.6. The smallest absolute Gasteiger partial charge is 0.222 e. The van der Waals surface area contributed by atoms with Gasteiger partial charge >= 0.3 is 0 Å². The molecule has 5 nitrogen and oxygen atoms in total. The van der Waals surface area contributed by atoms with Gasteiger partial charge in [0.25, 0.3) is 0 Å². The molecule has 7 heteroatoms. The lowest BCUT2D eigenvalue weighted by Gasteiger charge is -2.20. The number of hydrogen-bond donors (Lipinski definition) is 0. The quantitative estimate of drug-likeness (QED) is 0.381. The van der Waals surface area contributed by atoms with Crippen LogP contribution in [-0.2, 0) is 11.3 Å². The first-order valence-corrected chi connectivity index (χ1v) is 10.3. The Labute approximate surface area is 174 Å². The van der Waals surface area contributed by atoms with Crippen LogP contribution in [0.15, 0.2) is 65.8 Å². The Kier molecular flexibility index (Phi) is 7.30. The van der Waals surface area contributed by atoms with E-state index in [1.807, 2.05) is 37.5 Å². The van der Waals surface area contributed by atoms with Crippen LogP contribution in [0.2, 0.25) is 0 Å². The molecule has 29 heavy (non-hydrogen) atoms. The Morgan fingerprint density at radius 3 is 2.72 bits per heavy atom. The molecule has 0 unspecified atom stereocenters. The van der Waals surface area contributed by atoms with E-state index in [0.29, 0.717) is 13.0 Å². The number of rotatable bonds is 9. The van der Waals surface area contributed by atoms with Crippen molar-refractivity contribution < 1.29 is 13.9 Å². The van der Waals surface area contributed by atoms with E-state index in [1.165, 1.54) is 12.1 Å². The van der Waals surface area contributed by atoms with Gasteiger partial charge in [0.1, 0.15) is 11.6 Å². The first kappa shape index (κ1) is 20.9.